The first-order valence-electron chi connectivity index (χ1n) is 9.35. The van der Waals surface area contributed by atoms with E-state index >= 15 is 0 Å². The lowest BCUT2D eigenvalue weighted by atomic mass is 10.2. The summed E-state index contributed by atoms with van der Waals surface area (Å²) in [6, 6.07) is 12.5. The minimum absolute atomic E-state index is 0.0223. The number of imidazole rings is 1. The van der Waals surface area contributed by atoms with Gasteiger partial charge in [0, 0.05) is 17.9 Å². The zero-order valence-electron chi connectivity index (χ0n) is 16.2. The average molecular weight is 380 g/mol. The van der Waals surface area contributed by atoms with E-state index in [1.807, 2.05) is 26.8 Å². The summed E-state index contributed by atoms with van der Waals surface area (Å²) in [6.07, 6.45) is 2.53. The quantitative estimate of drug-likeness (QED) is 0.657. The molecule has 2 heterocycles. The fourth-order valence-electron chi connectivity index (χ4n) is 2.75. The van der Waals surface area contributed by atoms with Gasteiger partial charge in [-0.2, -0.15) is 0 Å². The molecule has 0 aliphatic rings. The molecule has 2 aromatic heterocycles. The molecule has 0 saturated carbocycles. The van der Waals surface area contributed by atoms with Gasteiger partial charge in [-0.15, -0.1) is 0 Å². The largest absolute Gasteiger partial charge is 0.494 e. The van der Waals surface area contributed by atoms with E-state index in [-0.39, 0.29) is 23.5 Å². The van der Waals surface area contributed by atoms with Crippen LogP contribution < -0.4 is 15.4 Å². The molecule has 28 heavy (non-hydrogen) atoms. The number of aromatic nitrogens is 2. The molecule has 0 aliphatic heterocycles. The first-order chi connectivity index (χ1) is 13.5. The van der Waals surface area contributed by atoms with Crippen molar-refractivity contribution >= 4 is 23.0 Å². The Morgan fingerprint density at radius 1 is 1.11 bits per heavy atom. The molecule has 2 amide bonds. The third kappa shape index (κ3) is 4.14. The number of ether oxygens (including phenoxy) is 1. The zero-order chi connectivity index (χ0) is 20.1. The lowest BCUT2D eigenvalue weighted by molar-refractivity contribution is 0.0936. The highest BCUT2D eigenvalue weighted by Crippen LogP contribution is 2.18. The van der Waals surface area contributed by atoms with Gasteiger partial charge < -0.3 is 15.4 Å². The molecule has 1 aromatic carbocycles. The van der Waals surface area contributed by atoms with Gasteiger partial charge in [-0.05, 0) is 56.7 Å². The van der Waals surface area contributed by atoms with Crippen molar-refractivity contribution in [3.63, 3.8) is 0 Å². The van der Waals surface area contributed by atoms with Gasteiger partial charge in [-0.25, -0.2) is 4.98 Å². The predicted molar refractivity (Wildman–Crippen MR) is 108 cm³/mol. The second kappa shape index (κ2) is 8.56. The minimum atomic E-state index is -0.395. The number of hydrogen-bond donors (Lipinski definition) is 2. The van der Waals surface area contributed by atoms with Gasteiger partial charge in [0.1, 0.15) is 5.75 Å². The van der Waals surface area contributed by atoms with Gasteiger partial charge in [0.15, 0.2) is 5.69 Å². The molecule has 146 valence electrons. The van der Waals surface area contributed by atoms with Crippen molar-refractivity contribution in [2.45, 2.75) is 33.2 Å². The number of carbonyl (C=O) groups excluding carboxylic acids is 2. The monoisotopic (exact) mass is 380 g/mol. The molecule has 7 nitrogen and oxygen atoms in total. The van der Waals surface area contributed by atoms with Crippen LogP contribution in [0.15, 0.2) is 48.7 Å². The van der Waals surface area contributed by atoms with E-state index in [1.165, 1.54) is 0 Å². The maximum atomic E-state index is 12.8. The Morgan fingerprint density at radius 3 is 2.54 bits per heavy atom. The van der Waals surface area contributed by atoms with Gasteiger partial charge >= 0.3 is 0 Å². The van der Waals surface area contributed by atoms with Crippen LogP contribution in [-0.2, 0) is 0 Å². The summed E-state index contributed by atoms with van der Waals surface area (Å²) in [5.74, 6) is 0.195. The number of rotatable bonds is 7. The van der Waals surface area contributed by atoms with E-state index in [4.69, 9.17) is 4.74 Å². The summed E-state index contributed by atoms with van der Waals surface area (Å²) >= 11 is 0. The number of anilines is 1. The Labute approximate surface area is 163 Å². The molecule has 0 bridgehead atoms. The summed E-state index contributed by atoms with van der Waals surface area (Å²) in [5, 5.41) is 5.71. The Kier molecular flexibility index (Phi) is 5.93. The summed E-state index contributed by atoms with van der Waals surface area (Å²) in [6.45, 7) is 6.41. The third-order valence-electron chi connectivity index (χ3n) is 4.38. The lowest BCUT2D eigenvalue weighted by Crippen LogP contribution is -2.32. The fourth-order valence-corrected chi connectivity index (χ4v) is 2.75. The number of hydrogen-bond acceptors (Lipinski definition) is 4. The Hall–Kier alpha value is -3.35. The molecule has 0 saturated heterocycles. The SMILES string of the molecule is CCOc1ccc(NC(=O)c2nc(C(=O)NC(C)CC)c3ccccn23)cc1. The first-order valence-corrected chi connectivity index (χ1v) is 9.35. The molecule has 2 N–H and O–H groups in total. The van der Waals surface area contributed by atoms with Crippen LogP contribution in [0.1, 0.15) is 48.3 Å². The van der Waals surface area contributed by atoms with Crippen LogP contribution in [-0.4, -0.2) is 33.8 Å². The van der Waals surface area contributed by atoms with Crippen molar-refractivity contribution in [2.24, 2.45) is 0 Å². The van der Waals surface area contributed by atoms with Crippen molar-refractivity contribution in [3.05, 3.63) is 60.2 Å². The zero-order valence-corrected chi connectivity index (χ0v) is 16.2. The van der Waals surface area contributed by atoms with E-state index in [0.717, 1.165) is 12.2 Å². The summed E-state index contributed by atoms with van der Waals surface area (Å²) in [7, 11) is 0. The fraction of sp³-hybridized carbons (Fsp3) is 0.286. The van der Waals surface area contributed by atoms with Gasteiger partial charge in [0.25, 0.3) is 11.8 Å². The van der Waals surface area contributed by atoms with Gasteiger partial charge in [0.05, 0.1) is 12.1 Å². The van der Waals surface area contributed by atoms with Crippen LogP contribution in [0.5, 0.6) is 5.75 Å². The van der Waals surface area contributed by atoms with Crippen molar-refractivity contribution < 1.29 is 14.3 Å². The summed E-state index contributed by atoms with van der Waals surface area (Å²) in [4.78, 5) is 29.7. The number of amides is 2. The standard InChI is InChI=1S/C21H24N4O3/c1-4-14(3)22-20(26)18-17-8-6-7-13-25(17)19(24-18)21(27)23-15-9-11-16(12-10-15)28-5-2/h6-14H,4-5H2,1-3H3,(H,22,26)(H,23,27). The first kappa shape index (κ1) is 19.4. The molecule has 0 fully saturated rings. The molecular formula is C21H24N4O3. The second-order valence-corrected chi connectivity index (χ2v) is 6.43. The smallest absolute Gasteiger partial charge is 0.292 e. The molecule has 0 aliphatic carbocycles. The van der Waals surface area contributed by atoms with Crippen LogP contribution in [0.25, 0.3) is 5.52 Å². The Balaban J connectivity index is 1.87. The maximum Gasteiger partial charge on any atom is 0.292 e. The van der Waals surface area contributed by atoms with Crippen molar-refractivity contribution in [1.82, 2.24) is 14.7 Å². The highest BCUT2D eigenvalue weighted by Gasteiger charge is 2.22. The third-order valence-corrected chi connectivity index (χ3v) is 4.38. The molecule has 7 heteroatoms. The second-order valence-electron chi connectivity index (χ2n) is 6.43. The molecule has 3 rings (SSSR count). The average Bonchev–Trinajstić information content (AvgIpc) is 3.09. The van der Waals surface area contributed by atoms with Crippen LogP contribution in [0.2, 0.25) is 0 Å². The van der Waals surface area contributed by atoms with Crippen LogP contribution in [0.3, 0.4) is 0 Å². The Bertz CT molecular complexity index is 979. The highest BCUT2D eigenvalue weighted by atomic mass is 16.5. The van der Waals surface area contributed by atoms with Gasteiger partial charge in [-0.3, -0.25) is 14.0 Å². The van der Waals surface area contributed by atoms with Crippen molar-refractivity contribution in [1.29, 1.82) is 0 Å². The molecule has 1 atom stereocenters. The molecular weight excluding hydrogens is 356 g/mol. The highest BCUT2D eigenvalue weighted by molar-refractivity contribution is 6.06. The number of pyridine rings is 1. The van der Waals surface area contributed by atoms with Crippen LogP contribution >= 0.6 is 0 Å². The van der Waals surface area contributed by atoms with E-state index < -0.39 is 5.91 Å². The maximum absolute atomic E-state index is 12.8. The van der Waals surface area contributed by atoms with E-state index in [0.29, 0.717) is 17.8 Å². The van der Waals surface area contributed by atoms with Crippen LogP contribution in [0, 0.1) is 0 Å². The number of benzene rings is 1. The number of nitrogens with one attached hydrogen (secondary N) is 2. The number of nitrogens with zero attached hydrogens (tertiary/aromatic N) is 2. The molecule has 1 unspecified atom stereocenters. The topological polar surface area (TPSA) is 84.7 Å². The van der Waals surface area contributed by atoms with E-state index in [9.17, 15) is 9.59 Å². The Morgan fingerprint density at radius 2 is 1.86 bits per heavy atom. The van der Waals surface area contributed by atoms with E-state index in [1.54, 1.807) is 47.0 Å². The molecule has 3 aromatic rings. The normalized spacial score (nSPS) is 11.8. The minimum Gasteiger partial charge on any atom is -0.494 e. The summed E-state index contributed by atoms with van der Waals surface area (Å²) < 4.78 is 7.03. The van der Waals surface area contributed by atoms with Crippen LogP contribution in [0.4, 0.5) is 5.69 Å². The number of fused-ring (bicyclic) bond motifs is 1. The molecule has 0 spiro atoms. The lowest BCUT2D eigenvalue weighted by Gasteiger charge is -2.09. The van der Waals surface area contributed by atoms with E-state index in [2.05, 4.69) is 15.6 Å². The predicted octanol–water partition coefficient (Wildman–Crippen LogP) is 3.51. The number of carbonyl (C=O) groups is 2. The van der Waals surface area contributed by atoms with Crippen molar-refractivity contribution in [2.75, 3.05) is 11.9 Å². The van der Waals surface area contributed by atoms with Crippen molar-refractivity contribution in [3.8, 4) is 5.75 Å². The molecule has 0 radical (unpaired) electrons. The van der Waals surface area contributed by atoms with Gasteiger partial charge in [0.2, 0.25) is 5.82 Å². The summed E-state index contributed by atoms with van der Waals surface area (Å²) in [5.41, 5.74) is 1.43. The van der Waals surface area contributed by atoms with Gasteiger partial charge in [-0.1, -0.05) is 13.0 Å².